The molecule has 0 spiro atoms. The van der Waals surface area contributed by atoms with Gasteiger partial charge in [0.25, 0.3) is 5.56 Å². The summed E-state index contributed by atoms with van der Waals surface area (Å²) in [5.74, 6) is 0.530. The van der Waals surface area contributed by atoms with E-state index in [1.54, 1.807) is 32.2 Å². The van der Waals surface area contributed by atoms with Gasteiger partial charge < -0.3 is 9.84 Å². The first-order valence-corrected chi connectivity index (χ1v) is 9.57. The quantitative estimate of drug-likeness (QED) is 0.550. The highest BCUT2D eigenvalue weighted by molar-refractivity contribution is 5.88. The third-order valence-corrected chi connectivity index (χ3v) is 4.86. The Bertz CT molecular complexity index is 1270. The molecule has 0 aliphatic rings. The van der Waals surface area contributed by atoms with Crippen LogP contribution in [0, 0.1) is 6.92 Å². The molecule has 0 radical (unpaired) electrons. The minimum atomic E-state index is -0.469. The van der Waals surface area contributed by atoms with E-state index in [9.17, 15) is 9.59 Å². The molecule has 1 atom stereocenters. The summed E-state index contributed by atoms with van der Waals surface area (Å²) in [4.78, 5) is 29.3. The number of nitrogens with zero attached hydrogens (tertiary/aromatic N) is 4. The van der Waals surface area contributed by atoms with Gasteiger partial charge in [0.15, 0.2) is 0 Å². The van der Waals surface area contributed by atoms with Crippen LogP contribution in [0.2, 0.25) is 0 Å². The van der Waals surface area contributed by atoms with E-state index in [2.05, 4.69) is 20.6 Å². The van der Waals surface area contributed by atoms with Crippen molar-refractivity contribution in [1.29, 1.82) is 0 Å². The second-order valence-electron chi connectivity index (χ2n) is 7.21. The first-order valence-electron chi connectivity index (χ1n) is 9.57. The monoisotopic (exact) mass is 403 g/mol. The zero-order chi connectivity index (χ0) is 21.3. The van der Waals surface area contributed by atoms with Crippen molar-refractivity contribution in [3.05, 3.63) is 76.0 Å². The number of hydrogen-bond acceptors (Lipinski definition) is 6. The van der Waals surface area contributed by atoms with Crippen molar-refractivity contribution in [3.63, 3.8) is 0 Å². The van der Waals surface area contributed by atoms with Crippen molar-refractivity contribution in [3.8, 4) is 11.4 Å². The number of amides is 1. The summed E-state index contributed by atoms with van der Waals surface area (Å²) in [7, 11) is 1.57. The molecule has 0 unspecified atom stereocenters. The van der Waals surface area contributed by atoms with E-state index in [0.29, 0.717) is 28.2 Å². The molecule has 0 fully saturated rings. The molecule has 152 valence electrons. The normalized spacial score (nSPS) is 12.1. The summed E-state index contributed by atoms with van der Waals surface area (Å²) in [5.41, 5.74) is 2.32. The highest BCUT2D eigenvalue weighted by Crippen LogP contribution is 2.19. The van der Waals surface area contributed by atoms with Crippen LogP contribution < -0.4 is 10.9 Å². The Morgan fingerprint density at radius 2 is 1.83 bits per heavy atom. The van der Waals surface area contributed by atoms with Gasteiger partial charge in [-0.3, -0.25) is 9.59 Å². The van der Waals surface area contributed by atoms with Crippen LogP contribution in [0.5, 0.6) is 0 Å². The highest BCUT2D eigenvalue weighted by atomic mass is 16.5. The average molecular weight is 403 g/mol. The van der Waals surface area contributed by atoms with Crippen LogP contribution in [0.1, 0.15) is 30.1 Å². The first-order chi connectivity index (χ1) is 14.4. The molecule has 8 nitrogen and oxygen atoms in total. The van der Waals surface area contributed by atoms with Crippen LogP contribution in [-0.2, 0) is 18.3 Å². The van der Waals surface area contributed by atoms with Gasteiger partial charge in [0.05, 0.1) is 17.5 Å². The van der Waals surface area contributed by atoms with E-state index in [1.807, 2.05) is 37.3 Å². The summed E-state index contributed by atoms with van der Waals surface area (Å²) >= 11 is 0. The van der Waals surface area contributed by atoms with Crippen molar-refractivity contribution in [2.24, 2.45) is 7.05 Å². The van der Waals surface area contributed by atoms with Gasteiger partial charge in [0, 0.05) is 18.0 Å². The van der Waals surface area contributed by atoms with Crippen molar-refractivity contribution in [1.82, 2.24) is 25.2 Å². The Morgan fingerprint density at radius 1 is 1.13 bits per heavy atom. The molecule has 4 aromatic rings. The average Bonchev–Trinajstić information content (AvgIpc) is 3.23. The van der Waals surface area contributed by atoms with Crippen LogP contribution in [0.15, 0.2) is 57.8 Å². The molecule has 2 aromatic carbocycles. The Kier molecular flexibility index (Phi) is 5.14. The molecule has 0 aliphatic carbocycles. The van der Waals surface area contributed by atoms with Crippen molar-refractivity contribution in [2.75, 3.05) is 0 Å². The lowest BCUT2D eigenvalue weighted by molar-refractivity contribution is -0.121. The first kappa shape index (κ1) is 19.5. The number of nitrogens with one attached hydrogen (secondary N) is 1. The molecular weight excluding hydrogens is 382 g/mol. The standard InChI is InChI=1S/C22H21N5O3/c1-13-8-10-15(11-9-13)20-24-21(30-26-20)14(2)23-19(28)12-18-16-6-4-5-7-17(16)22(29)27(3)25-18/h4-11,14H,12H2,1-3H3,(H,23,28)/t14-/m1/s1. The van der Waals surface area contributed by atoms with E-state index < -0.39 is 6.04 Å². The van der Waals surface area contributed by atoms with Crippen molar-refractivity contribution < 1.29 is 9.32 Å². The third-order valence-electron chi connectivity index (χ3n) is 4.86. The number of aryl methyl sites for hydroxylation is 2. The molecule has 2 aromatic heterocycles. The summed E-state index contributed by atoms with van der Waals surface area (Å²) in [6.07, 6.45) is 0.0257. The molecule has 2 heterocycles. The third kappa shape index (κ3) is 3.84. The van der Waals surface area contributed by atoms with Gasteiger partial charge in [0.2, 0.25) is 17.6 Å². The predicted octanol–water partition coefficient (Wildman–Crippen LogP) is 2.71. The van der Waals surface area contributed by atoms with Gasteiger partial charge in [-0.05, 0) is 19.9 Å². The Morgan fingerprint density at radius 3 is 2.57 bits per heavy atom. The maximum absolute atomic E-state index is 12.6. The smallest absolute Gasteiger partial charge is 0.274 e. The van der Waals surface area contributed by atoms with Crippen LogP contribution in [0.3, 0.4) is 0 Å². The zero-order valence-corrected chi connectivity index (χ0v) is 16.9. The SMILES string of the molecule is Cc1ccc(-c2noc([C@@H](C)NC(=O)Cc3nn(C)c(=O)c4ccccc34)n2)cc1. The fourth-order valence-electron chi connectivity index (χ4n) is 3.24. The van der Waals surface area contributed by atoms with Crippen molar-refractivity contribution >= 4 is 16.7 Å². The second kappa shape index (κ2) is 7.90. The van der Waals surface area contributed by atoms with Crippen LogP contribution in [0.4, 0.5) is 0 Å². The van der Waals surface area contributed by atoms with E-state index in [-0.39, 0.29) is 17.9 Å². The molecule has 1 amide bonds. The minimum Gasteiger partial charge on any atom is -0.344 e. The van der Waals surface area contributed by atoms with Gasteiger partial charge in [-0.15, -0.1) is 0 Å². The predicted molar refractivity (Wildman–Crippen MR) is 112 cm³/mol. The minimum absolute atomic E-state index is 0.0257. The van der Waals surface area contributed by atoms with Crippen LogP contribution in [0.25, 0.3) is 22.2 Å². The summed E-state index contributed by atoms with van der Waals surface area (Å²) in [6, 6.07) is 14.4. The van der Waals surface area contributed by atoms with E-state index >= 15 is 0 Å². The lowest BCUT2D eigenvalue weighted by atomic mass is 10.1. The Labute approximate surface area is 172 Å². The number of fused-ring (bicyclic) bond motifs is 1. The maximum atomic E-state index is 12.6. The second-order valence-corrected chi connectivity index (χ2v) is 7.21. The topological polar surface area (TPSA) is 103 Å². The Hall–Kier alpha value is -3.81. The van der Waals surface area contributed by atoms with Gasteiger partial charge >= 0.3 is 0 Å². The molecule has 8 heteroatoms. The molecule has 30 heavy (non-hydrogen) atoms. The number of carbonyl (C=O) groups is 1. The molecule has 0 bridgehead atoms. The lowest BCUT2D eigenvalue weighted by Crippen LogP contribution is -2.30. The molecule has 0 saturated heterocycles. The van der Waals surface area contributed by atoms with E-state index in [1.165, 1.54) is 4.68 Å². The van der Waals surface area contributed by atoms with Crippen molar-refractivity contribution in [2.45, 2.75) is 26.3 Å². The zero-order valence-electron chi connectivity index (χ0n) is 16.9. The molecule has 1 N–H and O–H groups in total. The highest BCUT2D eigenvalue weighted by Gasteiger charge is 2.19. The maximum Gasteiger partial charge on any atom is 0.274 e. The number of rotatable bonds is 5. The van der Waals surface area contributed by atoms with Gasteiger partial charge in [-0.25, -0.2) is 4.68 Å². The number of benzene rings is 2. The van der Waals surface area contributed by atoms with Crippen LogP contribution in [-0.4, -0.2) is 25.8 Å². The van der Waals surface area contributed by atoms with E-state index in [4.69, 9.17) is 4.52 Å². The largest absolute Gasteiger partial charge is 0.344 e. The van der Waals surface area contributed by atoms with Gasteiger partial charge in [0.1, 0.15) is 6.04 Å². The van der Waals surface area contributed by atoms with Crippen LogP contribution >= 0.6 is 0 Å². The number of carbonyl (C=O) groups excluding carboxylic acids is 1. The molecule has 0 aliphatic heterocycles. The van der Waals surface area contributed by atoms with Gasteiger partial charge in [-0.1, -0.05) is 53.2 Å². The Balaban J connectivity index is 1.50. The summed E-state index contributed by atoms with van der Waals surface area (Å²) < 4.78 is 6.58. The fourth-order valence-corrected chi connectivity index (χ4v) is 3.24. The molecular formula is C22H21N5O3. The summed E-state index contributed by atoms with van der Waals surface area (Å²) in [6.45, 7) is 3.78. The number of aromatic nitrogens is 4. The van der Waals surface area contributed by atoms with Gasteiger partial charge in [-0.2, -0.15) is 10.1 Å². The molecule has 0 saturated carbocycles. The fraction of sp³-hybridized carbons (Fsp3) is 0.227. The molecule has 4 rings (SSSR count). The number of hydrogen-bond donors (Lipinski definition) is 1. The summed E-state index contributed by atoms with van der Waals surface area (Å²) in [5, 5.41) is 12.3. The lowest BCUT2D eigenvalue weighted by Gasteiger charge is -2.11. The van der Waals surface area contributed by atoms with E-state index in [0.717, 1.165) is 11.1 Å².